The van der Waals surface area contributed by atoms with Gasteiger partial charge in [-0.1, -0.05) is 30.3 Å². The fourth-order valence-corrected chi connectivity index (χ4v) is 2.86. The number of nitrogens with two attached hydrogens (primary N) is 1. The van der Waals surface area contributed by atoms with Gasteiger partial charge in [-0.15, -0.1) is 0 Å². The Balaban J connectivity index is 1.65. The summed E-state index contributed by atoms with van der Waals surface area (Å²) >= 11 is 0. The van der Waals surface area contributed by atoms with Crippen molar-refractivity contribution in [2.24, 2.45) is 5.73 Å². The molecule has 23 heavy (non-hydrogen) atoms. The molecule has 0 unspecified atom stereocenters. The van der Waals surface area contributed by atoms with Gasteiger partial charge in [-0.25, -0.2) is 0 Å². The maximum atomic E-state index is 12.4. The van der Waals surface area contributed by atoms with Gasteiger partial charge in [0.05, 0.1) is 4.92 Å². The van der Waals surface area contributed by atoms with Crippen molar-refractivity contribution >= 4 is 11.6 Å². The highest BCUT2D eigenvalue weighted by atomic mass is 16.6. The molecule has 2 heterocycles. The van der Waals surface area contributed by atoms with Crippen molar-refractivity contribution in [2.75, 3.05) is 13.1 Å². The molecule has 1 aromatic carbocycles. The fraction of sp³-hybridized carbons (Fsp3) is 0.333. The van der Waals surface area contributed by atoms with Crippen LogP contribution in [0, 0.1) is 10.1 Å². The minimum absolute atomic E-state index is 0.0257. The molecule has 0 spiro atoms. The Labute approximate surface area is 132 Å². The summed E-state index contributed by atoms with van der Waals surface area (Å²) in [5.41, 5.74) is 7.16. The SMILES string of the molecule is N[C@@H]1CN(C(=O)Cn2cc([N+](=O)[O-])cn2)C[C@H]1c1ccccc1. The average Bonchev–Trinajstić information content (AvgIpc) is 3.15. The molecular weight excluding hydrogens is 298 g/mol. The van der Waals surface area contributed by atoms with E-state index < -0.39 is 4.92 Å². The van der Waals surface area contributed by atoms with Crippen LogP contribution in [0.5, 0.6) is 0 Å². The standard InChI is InChI=1S/C15H17N5O3/c16-14-9-18(8-13(14)11-4-2-1-3-5-11)15(21)10-19-7-12(6-17-19)20(22)23/h1-7,13-14H,8-10,16H2/t13-,14+/m0/s1. The molecule has 8 nitrogen and oxygen atoms in total. The molecule has 1 fully saturated rings. The number of rotatable bonds is 4. The number of hydrogen-bond donors (Lipinski definition) is 1. The van der Waals surface area contributed by atoms with Crippen LogP contribution in [0.2, 0.25) is 0 Å². The lowest BCUT2D eigenvalue weighted by atomic mass is 9.95. The Bertz CT molecular complexity index is 715. The third-order valence-corrected chi connectivity index (χ3v) is 4.07. The van der Waals surface area contributed by atoms with E-state index in [0.29, 0.717) is 13.1 Å². The molecule has 0 radical (unpaired) electrons. The quantitative estimate of drug-likeness (QED) is 0.661. The van der Waals surface area contributed by atoms with Crippen LogP contribution in [0.4, 0.5) is 5.69 Å². The fourth-order valence-electron chi connectivity index (χ4n) is 2.86. The molecule has 0 saturated carbocycles. The first kappa shape index (κ1) is 15.2. The molecule has 3 rings (SSSR count). The summed E-state index contributed by atoms with van der Waals surface area (Å²) in [6.07, 6.45) is 2.39. The molecule has 2 atom stereocenters. The number of carbonyl (C=O) groups is 1. The van der Waals surface area contributed by atoms with Gasteiger partial charge in [0.25, 0.3) is 0 Å². The summed E-state index contributed by atoms with van der Waals surface area (Å²) in [7, 11) is 0. The molecule has 1 saturated heterocycles. The number of hydrogen-bond acceptors (Lipinski definition) is 5. The number of carbonyl (C=O) groups excluding carboxylic acids is 1. The minimum atomic E-state index is -0.537. The molecule has 1 aromatic heterocycles. The first-order valence-electron chi connectivity index (χ1n) is 7.29. The van der Waals surface area contributed by atoms with Crippen LogP contribution in [0.15, 0.2) is 42.7 Å². The van der Waals surface area contributed by atoms with E-state index in [1.165, 1.54) is 10.9 Å². The third-order valence-electron chi connectivity index (χ3n) is 4.07. The largest absolute Gasteiger partial charge is 0.339 e. The molecule has 2 aromatic rings. The van der Waals surface area contributed by atoms with Crippen molar-refractivity contribution in [1.29, 1.82) is 0 Å². The zero-order valence-corrected chi connectivity index (χ0v) is 12.4. The van der Waals surface area contributed by atoms with Gasteiger partial charge in [0.15, 0.2) is 0 Å². The van der Waals surface area contributed by atoms with Crippen molar-refractivity contribution in [3.05, 3.63) is 58.4 Å². The smallest absolute Gasteiger partial charge is 0.307 e. The van der Waals surface area contributed by atoms with Crippen molar-refractivity contribution in [3.8, 4) is 0 Å². The lowest BCUT2D eigenvalue weighted by Gasteiger charge is -2.16. The minimum Gasteiger partial charge on any atom is -0.339 e. The summed E-state index contributed by atoms with van der Waals surface area (Å²) in [5, 5.41) is 14.5. The van der Waals surface area contributed by atoms with E-state index in [2.05, 4.69) is 5.10 Å². The molecule has 0 aliphatic carbocycles. The molecule has 1 amide bonds. The highest BCUT2D eigenvalue weighted by Gasteiger charge is 2.33. The van der Waals surface area contributed by atoms with E-state index in [9.17, 15) is 14.9 Å². The van der Waals surface area contributed by atoms with Gasteiger partial charge in [0, 0.05) is 25.0 Å². The number of nitrogens with zero attached hydrogens (tertiary/aromatic N) is 4. The van der Waals surface area contributed by atoms with Gasteiger partial charge in [0.1, 0.15) is 18.9 Å². The topological polar surface area (TPSA) is 107 Å². The second-order valence-electron chi connectivity index (χ2n) is 5.63. The van der Waals surface area contributed by atoms with Gasteiger partial charge < -0.3 is 10.6 Å². The lowest BCUT2D eigenvalue weighted by Crippen LogP contribution is -2.34. The number of nitro groups is 1. The van der Waals surface area contributed by atoms with E-state index >= 15 is 0 Å². The predicted octanol–water partition coefficient (Wildman–Crippen LogP) is 0.745. The second kappa shape index (κ2) is 6.17. The number of amides is 1. The maximum Gasteiger partial charge on any atom is 0.307 e. The molecule has 8 heteroatoms. The van der Waals surface area contributed by atoms with Crippen LogP contribution in [-0.2, 0) is 11.3 Å². The zero-order valence-electron chi connectivity index (χ0n) is 12.4. The summed E-state index contributed by atoms with van der Waals surface area (Å²) < 4.78 is 1.28. The van der Waals surface area contributed by atoms with E-state index in [0.717, 1.165) is 11.8 Å². The number of benzene rings is 1. The molecule has 0 bridgehead atoms. The highest BCUT2D eigenvalue weighted by Crippen LogP contribution is 2.26. The van der Waals surface area contributed by atoms with Crippen LogP contribution < -0.4 is 5.73 Å². The predicted molar refractivity (Wildman–Crippen MR) is 82.6 cm³/mol. The van der Waals surface area contributed by atoms with E-state index in [-0.39, 0.29) is 30.1 Å². The summed E-state index contributed by atoms with van der Waals surface area (Å²) in [5.74, 6) is -0.0380. The van der Waals surface area contributed by atoms with E-state index in [4.69, 9.17) is 5.73 Å². The van der Waals surface area contributed by atoms with Crippen molar-refractivity contribution in [1.82, 2.24) is 14.7 Å². The van der Waals surface area contributed by atoms with Crippen LogP contribution in [0.1, 0.15) is 11.5 Å². The number of aromatic nitrogens is 2. The van der Waals surface area contributed by atoms with Gasteiger partial charge in [-0.05, 0) is 5.56 Å². The molecule has 1 aliphatic heterocycles. The van der Waals surface area contributed by atoms with Crippen LogP contribution in [-0.4, -0.2) is 44.6 Å². The Morgan fingerprint density at radius 3 is 2.74 bits per heavy atom. The number of likely N-dealkylation sites (tertiary alicyclic amines) is 1. The second-order valence-corrected chi connectivity index (χ2v) is 5.63. The average molecular weight is 315 g/mol. The Morgan fingerprint density at radius 2 is 2.09 bits per heavy atom. The van der Waals surface area contributed by atoms with Gasteiger partial charge in [-0.2, -0.15) is 5.10 Å². The first-order chi connectivity index (χ1) is 11.0. The van der Waals surface area contributed by atoms with Crippen molar-refractivity contribution < 1.29 is 9.72 Å². The van der Waals surface area contributed by atoms with Crippen molar-refractivity contribution in [2.45, 2.75) is 18.5 Å². The van der Waals surface area contributed by atoms with Gasteiger partial charge in [-0.3, -0.25) is 19.6 Å². The maximum absolute atomic E-state index is 12.4. The van der Waals surface area contributed by atoms with Gasteiger partial charge in [0.2, 0.25) is 5.91 Å². The van der Waals surface area contributed by atoms with Gasteiger partial charge >= 0.3 is 5.69 Å². The summed E-state index contributed by atoms with van der Waals surface area (Å²) in [4.78, 5) is 24.1. The monoisotopic (exact) mass is 315 g/mol. The first-order valence-corrected chi connectivity index (χ1v) is 7.29. The van der Waals surface area contributed by atoms with E-state index in [1.807, 2.05) is 30.3 Å². The molecular formula is C15H17N5O3. The lowest BCUT2D eigenvalue weighted by molar-refractivity contribution is -0.385. The Hall–Kier alpha value is -2.74. The highest BCUT2D eigenvalue weighted by molar-refractivity contribution is 5.76. The van der Waals surface area contributed by atoms with Crippen LogP contribution in [0.3, 0.4) is 0 Å². The van der Waals surface area contributed by atoms with Crippen LogP contribution in [0.25, 0.3) is 0 Å². The Kier molecular flexibility index (Phi) is 4.07. The summed E-state index contributed by atoms with van der Waals surface area (Å²) in [6, 6.07) is 9.75. The third kappa shape index (κ3) is 3.21. The molecule has 1 aliphatic rings. The molecule has 120 valence electrons. The Morgan fingerprint density at radius 1 is 1.35 bits per heavy atom. The van der Waals surface area contributed by atoms with E-state index in [1.54, 1.807) is 4.90 Å². The normalized spacial score (nSPS) is 20.7. The van der Waals surface area contributed by atoms with Crippen LogP contribution >= 0.6 is 0 Å². The molecule has 2 N–H and O–H groups in total. The van der Waals surface area contributed by atoms with Crippen molar-refractivity contribution in [3.63, 3.8) is 0 Å². The zero-order chi connectivity index (χ0) is 16.4. The summed E-state index contributed by atoms with van der Waals surface area (Å²) in [6.45, 7) is 0.997.